The Bertz CT molecular complexity index is 697. The molecule has 146 valence electrons. The highest BCUT2D eigenvalue weighted by atomic mass is 19.3. The van der Waals surface area contributed by atoms with Crippen LogP contribution >= 0.6 is 0 Å². The van der Waals surface area contributed by atoms with Crippen LogP contribution in [0.4, 0.5) is 13.6 Å². The Hall–Kier alpha value is -2.71. The lowest BCUT2D eigenvalue weighted by Gasteiger charge is -2.18. The number of alkyl carbamates (subject to hydrolysis) is 1. The Balaban J connectivity index is 1.71. The fourth-order valence-corrected chi connectivity index (χ4v) is 2.32. The van der Waals surface area contributed by atoms with E-state index < -0.39 is 24.9 Å². The van der Waals surface area contributed by atoms with E-state index in [1.807, 2.05) is 30.3 Å². The average Bonchev–Trinajstić information content (AvgIpc) is 2.66. The van der Waals surface area contributed by atoms with Gasteiger partial charge >= 0.3 is 12.7 Å². The number of rotatable bonds is 9. The number of amides is 1. The van der Waals surface area contributed by atoms with Gasteiger partial charge in [0.2, 0.25) is 0 Å². The van der Waals surface area contributed by atoms with E-state index in [1.165, 1.54) is 24.3 Å². The first kappa shape index (κ1) is 20.6. The fourth-order valence-electron chi connectivity index (χ4n) is 2.32. The Morgan fingerprint density at radius 1 is 1.04 bits per heavy atom. The first-order valence-electron chi connectivity index (χ1n) is 8.31. The SMILES string of the molecule is O=C(NCCC(O)C(O)c1ccc(OC(F)F)cc1)OCc1ccccc1. The van der Waals surface area contributed by atoms with Crippen LogP contribution in [0.25, 0.3) is 0 Å². The normalized spacial score (nSPS) is 13.1. The van der Waals surface area contributed by atoms with Gasteiger partial charge < -0.3 is 25.0 Å². The van der Waals surface area contributed by atoms with Gasteiger partial charge in [-0.05, 0) is 29.7 Å². The summed E-state index contributed by atoms with van der Waals surface area (Å²) < 4.78 is 33.5. The first-order chi connectivity index (χ1) is 13.0. The molecule has 0 fully saturated rings. The molecule has 0 saturated carbocycles. The molecule has 2 unspecified atom stereocenters. The van der Waals surface area contributed by atoms with E-state index in [0.29, 0.717) is 5.56 Å². The monoisotopic (exact) mass is 381 g/mol. The van der Waals surface area contributed by atoms with Crippen molar-refractivity contribution < 1.29 is 33.3 Å². The number of carbonyl (C=O) groups is 1. The number of carbonyl (C=O) groups excluding carboxylic acids is 1. The Morgan fingerprint density at radius 3 is 2.33 bits per heavy atom. The lowest BCUT2D eigenvalue weighted by Crippen LogP contribution is -2.29. The number of hydrogen-bond acceptors (Lipinski definition) is 5. The van der Waals surface area contributed by atoms with E-state index >= 15 is 0 Å². The van der Waals surface area contributed by atoms with Gasteiger partial charge in [-0.15, -0.1) is 0 Å². The highest BCUT2D eigenvalue weighted by Gasteiger charge is 2.19. The molecule has 2 atom stereocenters. The quantitative estimate of drug-likeness (QED) is 0.622. The summed E-state index contributed by atoms with van der Waals surface area (Å²) in [7, 11) is 0. The molecule has 0 aromatic heterocycles. The molecule has 2 aromatic rings. The van der Waals surface area contributed by atoms with E-state index in [4.69, 9.17) is 4.74 Å². The maximum absolute atomic E-state index is 12.1. The van der Waals surface area contributed by atoms with Gasteiger partial charge in [-0.25, -0.2) is 4.79 Å². The third-order valence-electron chi connectivity index (χ3n) is 3.73. The van der Waals surface area contributed by atoms with Gasteiger partial charge in [-0.2, -0.15) is 8.78 Å². The number of aliphatic hydroxyl groups excluding tert-OH is 2. The zero-order valence-electron chi connectivity index (χ0n) is 14.4. The number of hydrogen-bond donors (Lipinski definition) is 3. The van der Waals surface area contributed by atoms with E-state index in [9.17, 15) is 23.8 Å². The van der Waals surface area contributed by atoms with Crippen molar-refractivity contribution in [1.29, 1.82) is 0 Å². The number of aliphatic hydroxyl groups is 2. The zero-order chi connectivity index (χ0) is 19.6. The molecule has 0 spiro atoms. The minimum atomic E-state index is -2.93. The molecule has 2 rings (SSSR count). The molecule has 27 heavy (non-hydrogen) atoms. The van der Waals surface area contributed by atoms with Gasteiger partial charge in [0.1, 0.15) is 18.5 Å². The smallest absolute Gasteiger partial charge is 0.407 e. The Kier molecular flexibility index (Phi) is 7.97. The number of alkyl halides is 2. The standard InChI is InChI=1S/C19H21F2NO5/c20-18(21)27-15-8-6-14(7-9-15)17(24)16(23)10-11-22-19(25)26-12-13-4-2-1-3-5-13/h1-9,16-18,23-24H,10-12H2,(H,22,25). The Morgan fingerprint density at radius 2 is 1.70 bits per heavy atom. The van der Waals surface area contributed by atoms with Crippen molar-refractivity contribution in [2.24, 2.45) is 0 Å². The molecule has 0 aliphatic rings. The van der Waals surface area contributed by atoms with E-state index in [-0.39, 0.29) is 25.3 Å². The molecular formula is C19H21F2NO5. The largest absolute Gasteiger partial charge is 0.445 e. The number of benzene rings is 2. The summed E-state index contributed by atoms with van der Waals surface area (Å²) in [5, 5.41) is 22.6. The highest BCUT2D eigenvalue weighted by Crippen LogP contribution is 2.22. The Labute approximate surface area is 155 Å². The molecule has 2 aromatic carbocycles. The summed E-state index contributed by atoms with van der Waals surface area (Å²) >= 11 is 0. The van der Waals surface area contributed by atoms with E-state index in [0.717, 1.165) is 5.56 Å². The van der Waals surface area contributed by atoms with Crippen LogP contribution in [0.15, 0.2) is 54.6 Å². The van der Waals surface area contributed by atoms with Gasteiger partial charge in [-0.3, -0.25) is 0 Å². The third kappa shape index (κ3) is 7.20. The van der Waals surface area contributed by atoms with Crippen LogP contribution in [0.5, 0.6) is 5.75 Å². The van der Waals surface area contributed by atoms with Crippen LogP contribution in [-0.2, 0) is 11.3 Å². The summed E-state index contributed by atoms with van der Waals surface area (Å²) in [5.74, 6) is -0.0433. The summed E-state index contributed by atoms with van der Waals surface area (Å²) in [6.45, 7) is -2.71. The molecule has 0 radical (unpaired) electrons. The molecule has 0 heterocycles. The van der Waals surface area contributed by atoms with Crippen molar-refractivity contribution in [3.05, 3.63) is 65.7 Å². The van der Waals surface area contributed by atoms with Crippen LogP contribution in [0.3, 0.4) is 0 Å². The summed E-state index contributed by atoms with van der Waals surface area (Å²) in [5.41, 5.74) is 1.19. The van der Waals surface area contributed by atoms with Gasteiger partial charge in [-0.1, -0.05) is 42.5 Å². The molecule has 8 heteroatoms. The van der Waals surface area contributed by atoms with Crippen molar-refractivity contribution in [2.75, 3.05) is 6.54 Å². The second kappa shape index (κ2) is 10.4. The molecule has 0 aliphatic heterocycles. The molecule has 0 saturated heterocycles. The second-order valence-corrected chi connectivity index (χ2v) is 5.74. The van der Waals surface area contributed by atoms with Crippen molar-refractivity contribution in [3.63, 3.8) is 0 Å². The van der Waals surface area contributed by atoms with Gasteiger partial charge in [0.05, 0.1) is 6.10 Å². The van der Waals surface area contributed by atoms with E-state index in [1.54, 1.807) is 0 Å². The van der Waals surface area contributed by atoms with Crippen molar-refractivity contribution in [1.82, 2.24) is 5.32 Å². The average molecular weight is 381 g/mol. The van der Waals surface area contributed by atoms with Crippen LogP contribution in [0.1, 0.15) is 23.7 Å². The van der Waals surface area contributed by atoms with Crippen molar-refractivity contribution >= 4 is 6.09 Å². The predicted molar refractivity (Wildman–Crippen MR) is 93.3 cm³/mol. The van der Waals surface area contributed by atoms with E-state index in [2.05, 4.69) is 10.1 Å². The molecule has 0 bridgehead atoms. The van der Waals surface area contributed by atoms with Gasteiger partial charge in [0.15, 0.2) is 0 Å². The molecule has 6 nitrogen and oxygen atoms in total. The van der Waals surface area contributed by atoms with Crippen LogP contribution in [0, 0.1) is 0 Å². The van der Waals surface area contributed by atoms with Crippen LogP contribution in [-0.4, -0.2) is 35.6 Å². The number of halogens is 2. The van der Waals surface area contributed by atoms with Gasteiger partial charge in [0, 0.05) is 6.54 Å². The molecular weight excluding hydrogens is 360 g/mol. The van der Waals surface area contributed by atoms with Crippen molar-refractivity contribution in [2.45, 2.75) is 31.8 Å². The zero-order valence-corrected chi connectivity index (χ0v) is 14.4. The van der Waals surface area contributed by atoms with Crippen LogP contribution < -0.4 is 10.1 Å². The molecule has 0 aliphatic carbocycles. The minimum Gasteiger partial charge on any atom is -0.445 e. The van der Waals surface area contributed by atoms with Gasteiger partial charge in [0.25, 0.3) is 0 Å². The fraction of sp³-hybridized carbons (Fsp3) is 0.316. The van der Waals surface area contributed by atoms with Crippen molar-refractivity contribution in [3.8, 4) is 5.75 Å². The summed E-state index contributed by atoms with van der Waals surface area (Å²) in [6.07, 6.45) is -2.93. The maximum atomic E-state index is 12.1. The second-order valence-electron chi connectivity index (χ2n) is 5.74. The first-order valence-corrected chi connectivity index (χ1v) is 8.31. The lowest BCUT2D eigenvalue weighted by molar-refractivity contribution is -0.0499. The highest BCUT2D eigenvalue weighted by molar-refractivity contribution is 5.67. The topological polar surface area (TPSA) is 88.0 Å². The molecule has 1 amide bonds. The minimum absolute atomic E-state index is 0.0433. The number of nitrogens with one attached hydrogen (secondary N) is 1. The summed E-state index contributed by atoms with van der Waals surface area (Å²) in [4.78, 5) is 11.6. The maximum Gasteiger partial charge on any atom is 0.407 e. The number of ether oxygens (including phenoxy) is 2. The predicted octanol–water partition coefficient (Wildman–Crippen LogP) is 3.00. The van der Waals surface area contributed by atoms with Crippen LogP contribution in [0.2, 0.25) is 0 Å². The lowest BCUT2D eigenvalue weighted by atomic mass is 10.0. The molecule has 3 N–H and O–H groups in total. The summed E-state index contributed by atoms with van der Waals surface area (Å²) in [6, 6.07) is 14.5. The third-order valence-corrected chi connectivity index (χ3v) is 3.73.